The zero-order valence-electron chi connectivity index (χ0n) is 11.0. The molecule has 102 valence electrons. The van der Waals surface area contributed by atoms with Gasteiger partial charge in [-0.15, -0.1) is 0 Å². The van der Waals surface area contributed by atoms with Crippen molar-refractivity contribution in [3.63, 3.8) is 0 Å². The molecule has 1 aliphatic rings. The first-order valence-corrected chi connectivity index (χ1v) is 6.62. The van der Waals surface area contributed by atoms with Crippen LogP contribution in [0.2, 0.25) is 0 Å². The monoisotopic (exact) mass is 251 g/mol. The van der Waals surface area contributed by atoms with Crippen LogP contribution in [0, 0.1) is 17.8 Å². The molecule has 1 rings (SSSR count). The van der Waals surface area contributed by atoms with Gasteiger partial charge in [0.1, 0.15) is 0 Å². The Balaban J connectivity index is 2.49. The van der Waals surface area contributed by atoms with E-state index in [4.69, 9.17) is 0 Å². The molecular weight excluding hydrogens is 227 g/mol. The van der Waals surface area contributed by atoms with E-state index in [9.17, 15) is 13.2 Å². The van der Waals surface area contributed by atoms with Crippen molar-refractivity contribution in [1.82, 2.24) is 5.32 Å². The summed E-state index contributed by atoms with van der Waals surface area (Å²) in [6.07, 6.45) is -1.46. The first-order valence-electron chi connectivity index (χ1n) is 6.62. The Labute approximate surface area is 102 Å². The van der Waals surface area contributed by atoms with Gasteiger partial charge in [0, 0.05) is 6.04 Å². The van der Waals surface area contributed by atoms with E-state index in [1.54, 1.807) is 0 Å². The molecule has 0 heterocycles. The van der Waals surface area contributed by atoms with Crippen LogP contribution in [0.15, 0.2) is 0 Å². The molecule has 0 spiro atoms. The summed E-state index contributed by atoms with van der Waals surface area (Å²) in [5.41, 5.74) is 0. The molecule has 1 fully saturated rings. The summed E-state index contributed by atoms with van der Waals surface area (Å²) in [5, 5.41) is 3.14. The summed E-state index contributed by atoms with van der Waals surface area (Å²) in [7, 11) is 0. The number of hydrogen-bond acceptors (Lipinski definition) is 1. The van der Waals surface area contributed by atoms with Crippen LogP contribution < -0.4 is 5.32 Å². The maximum absolute atomic E-state index is 12.8. The molecule has 0 aromatic carbocycles. The molecule has 0 radical (unpaired) electrons. The Bertz CT molecular complexity index is 225. The lowest BCUT2D eigenvalue weighted by Gasteiger charge is -2.34. The van der Waals surface area contributed by atoms with Gasteiger partial charge in [0.05, 0.1) is 5.92 Å². The molecule has 4 heteroatoms. The summed E-state index contributed by atoms with van der Waals surface area (Å²) in [5.74, 6) is -0.211. The lowest BCUT2D eigenvalue weighted by molar-refractivity contribution is -0.189. The van der Waals surface area contributed by atoms with Crippen molar-refractivity contribution in [3.8, 4) is 0 Å². The lowest BCUT2D eigenvalue weighted by Crippen LogP contribution is -2.46. The smallest absolute Gasteiger partial charge is 0.313 e. The zero-order chi connectivity index (χ0) is 13.1. The van der Waals surface area contributed by atoms with Crippen molar-refractivity contribution in [2.24, 2.45) is 17.8 Å². The molecule has 1 N–H and O–H groups in total. The maximum Gasteiger partial charge on any atom is 0.393 e. The third-order valence-electron chi connectivity index (χ3n) is 4.03. The topological polar surface area (TPSA) is 12.0 Å². The van der Waals surface area contributed by atoms with Gasteiger partial charge in [0.15, 0.2) is 0 Å². The van der Waals surface area contributed by atoms with Crippen LogP contribution in [0.1, 0.15) is 46.5 Å². The van der Waals surface area contributed by atoms with Crippen molar-refractivity contribution in [2.45, 2.75) is 58.7 Å². The Morgan fingerprint density at radius 1 is 1.12 bits per heavy atom. The minimum Gasteiger partial charge on any atom is -0.313 e. The molecule has 1 saturated carbocycles. The Morgan fingerprint density at radius 3 is 2.24 bits per heavy atom. The largest absolute Gasteiger partial charge is 0.393 e. The Hall–Kier alpha value is -0.250. The summed E-state index contributed by atoms with van der Waals surface area (Å²) in [6, 6.07) is -0.370. The minimum atomic E-state index is -4.04. The van der Waals surface area contributed by atoms with E-state index < -0.39 is 12.1 Å². The van der Waals surface area contributed by atoms with Gasteiger partial charge in [0.25, 0.3) is 0 Å². The number of halogens is 3. The fraction of sp³-hybridized carbons (Fsp3) is 1.00. The van der Waals surface area contributed by atoms with E-state index in [2.05, 4.69) is 26.1 Å². The molecule has 1 nitrogen and oxygen atoms in total. The standard InChI is InChI=1S/C13H24F3N/c1-9(2)10(3)8-17-12-7-5-4-6-11(12)13(14,15)16/h9-12,17H,4-8H2,1-3H3. The summed E-state index contributed by atoms with van der Waals surface area (Å²) >= 11 is 0. The Morgan fingerprint density at radius 2 is 1.71 bits per heavy atom. The second-order valence-corrected chi connectivity index (χ2v) is 5.67. The van der Waals surface area contributed by atoms with Crippen molar-refractivity contribution in [3.05, 3.63) is 0 Å². The van der Waals surface area contributed by atoms with Crippen molar-refractivity contribution < 1.29 is 13.2 Å². The summed E-state index contributed by atoms with van der Waals surface area (Å²) in [4.78, 5) is 0. The van der Waals surface area contributed by atoms with Crippen molar-refractivity contribution in [2.75, 3.05) is 6.54 Å². The molecule has 0 aromatic heterocycles. The number of nitrogens with one attached hydrogen (secondary N) is 1. The first-order chi connectivity index (χ1) is 7.82. The van der Waals surface area contributed by atoms with Crippen LogP contribution in [0.5, 0.6) is 0 Å². The van der Waals surface area contributed by atoms with Crippen LogP contribution in [-0.4, -0.2) is 18.8 Å². The van der Waals surface area contributed by atoms with Gasteiger partial charge in [-0.3, -0.25) is 0 Å². The molecule has 17 heavy (non-hydrogen) atoms. The van der Waals surface area contributed by atoms with Gasteiger partial charge in [-0.25, -0.2) is 0 Å². The summed E-state index contributed by atoms with van der Waals surface area (Å²) in [6.45, 7) is 6.99. The molecule has 3 unspecified atom stereocenters. The van der Waals surface area contributed by atoms with E-state index >= 15 is 0 Å². The highest BCUT2D eigenvalue weighted by Gasteiger charge is 2.45. The molecular formula is C13H24F3N. The highest BCUT2D eigenvalue weighted by atomic mass is 19.4. The average molecular weight is 251 g/mol. The van der Waals surface area contributed by atoms with E-state index in [1.165, 1.54) is 0 Å². The molecule has 0 amide bonds. The van der Waals surface area contributed by atoms with Crippen LogP contribution in [0.4, 0.5) is 13.2 Å². The SMILES string of the molecule is CC(C)C(C)CNC1CCCCC1C(F)(F)F. The van der Waals surface area contributed by atoms with Crippen molar-refractivity contribution >= 4 is 0 Å². The van der Waals surface area contributed by atoms with E-state index in [1.807, 2.05) is 0 Å². The normalized spacial score (nSPS) is 28.4. The van der Waals surface area contributed by atoms with Crippen LogP contribution in [-0.2, 0) is 0 Å². The van der Waals surface area contributed by atoms with Gasteiger partial charge in [-0.05, 0) is 31.2 Å². The van der Waals surface area contributed by atoms with Gasteiger partial charge < -0.3 is 5.32 Å². The molecule has 0 aliphatic heterocycles. The summed E-state index contributed by atoms with van der Waals surface area (Å²) < 4.78 is 38.5. The van der Waals surface area contributed by atoms with E-state index in [0.29, 0.717) is 31.2 Å². The molecule has 0 saturated heterocycles. The first kappa shape index (κ1) is 14.8. The highest BCUT2D eigenvalue weighted by molar-refractivity contribution is 4.86. The second-order valence-electron chi connectivity index (χ2n) is 5.67. The molecule has 1 aliphatic carbocycles. The number of rotatable bonds is 4. The molecule has 3 atom stereocenters. The van der Waals surface area contributed by atoms with Crippen LogP contribution in [0.3, 0.4) is 0 Å². The maximum atomic E-state index is 12.8. The van der Waals surface area contributed by atoms with Crippen LogP contribution >= 0.6 is 0 Å². The fourth-order valence-corrected chi connectivity index (χ4v) is 2.34. The number of alkyl halides is 3. The predicted octanol–water partition coefficient (Wildman–Crippen LogP) is 3.99. The third kappa shape index (κ3) is 4.49. The van der Waals surface area contributed by atoms with Crippen molar-refractivity contribution in [1.29, 1.82) is 0 Å². The van der Waals surface area contributed by atoms with Gasteiger partial charge >= 0.3 is 6.18 Å². The average Bonchev–Trinajstić information content (AvgIpc) is 2.24. The van der Waals surface area contributed by atoms with Gasteiger partial charge in [-0.1, -0.05) is 33.6 Å². The Kier molecular flexibility index (Phi) is 5.29. The lowest BCUT2D eigenvalue weighted by atomic mass is 9.83. The number of hydrogen-bond donors (Lipinski definition) is 1. The van der Waals surface area contributed by atoms with Gasteiger partial charge in [0.2, 0.25) is 0 Å². The highest BCUT2D eigenvalue weighted by Crippen LogP contribution is 2.37. The zero-order valence-corrected chi connectivity index (χ0v) is 11.0. The molecule has 0 bridgehead atoms. The predicted molar refractivity (Wildman–Crippen MR) is 63.8 cm³/mol. The minimum absolute atomic E-state index is 0.289. The van der Waals surface area contributed by atoms with E-state index in [-0.39, 0.29) is 12.5 Å². The third-order valence-corrected chi connectivity index (χ3v) is 4.03. The van der Waals surface area contributed by atoms with Gasteiger partial charge in [-0.2, -0.15) is 13.2 Å². The quantitative estimate of drug-likeness (QED) is 0.796. The van der Waals surface area contributed by atoms with Crippen LogP contribution in [0.25, 0.3) is 0 Å². The van der Waals surface area contributed by atoms with E-state index in [0.717, 1.165) is 6.42 Å². The molecule has 0 aromatic rings. The second kappa shape index (κ2) is 6.07. The fourth-order valence-electron chi connectivity index (χ4n) is 2.34.